The Balaban J connectivity index is 2.43. The van der Waals surface area contributed by atoms with Crippen LogP contribution in [0.25, 0.3) is 5.65 Å². The fourth-order valence-corrected chi connectivity index (χ4v) is 1.49. The van der Waals surface area contributed by atoms with Gasteiger partial charge in [-0.2, -0.15) is 5.10 Å². The van der Waals surface area contributed by atoms with E-state index in [9.17, 15) is 0 Å². The molecule has 0 aliphatic carbocycles. The molecule has 0 bridgehead atoms. The van der Waals surface area contributed by atoms with Crippen LogP contribution in [0.4, 0.5) is 0 Å². The van der Waals surface area contributed by atoms with E-state index in [1.165, 1.54) is 5.56 Å². The van der Waals surface area contributed by atoms with E-state index in [4.69, 9.17) is 0 Å². The highest BCUT2D eigenvalue weighted by Crippen LogP contribution is 2.23. The molecule has 0 aromatic carbocycles. The van der Waals surface area contributed by atoms with E-state index >= 15 is 0 Å². The van der Waals surface area contributed by atoms with E-state index in [0.29, 0.717) is 11.8 Å². The van der Waals surface area contributed by atoms with Crippen LogP contribution in [0.2, 0.25) is 0 Å². The van der Waals surface area contributed by atoms with Gasteiger partial charge in [0, 0.05) is 6.20 Å². The molecule has 0 saturated carbocycles. The van der Waals surface area contributed by atoms with Gasteiger partial charge in [-0.05, 0) is 23.5 Å². The molecule has 2 heterocycles. The Bertz CT molecular complexity index is 431. The van der Waals surface area contributed by atoms with E-state index < -0.39 is 0 Å². The third-order valence-electron chi connectivity index (χ3n) is 2.82. The van der Waals surface area contributed by atoms with Crippen molar-refractivity contribution in [3.8, 4) is 0 Å². The fraction of sp³-hybridized carbons (Fsp3) is 0.455. The lowest BCUT2D eigenvalue weighted by atomic mass is 9.92. The van der Waals surface area contributed by atoms with Crippen LogP contribution in [0.1, 0.15) is 32.3 Å². The Labute approximate surface area is 83.8 Å². The lowest BCUT2D eigenvalue weighted by Gasteiger charge is -2.15. The first-order valence-corrected chi connectivity index (χ1v) is 4.98. The summed E-state index contributed by atoms with van der Waals surface area (Å²) < 4.78 is 1.83. The van der Waals surface area contributed by atoms with Crippen LogP contribution in [-0.2, 0) is 0 Å². The maximum Gasteiger partial charge on any atom is 0.155 e. The SMILES string of the molecule is CC(C)C(C)c1ccc2ncnn2c1. The molecule has 3 nitrogen and oxygen atoms in total. The summed E-state index contributed by atoms with van der Waals surface area (Å²) in [5.41, 5.74) is 2.22. The van der Waals surface area contributed by atoms with Crippen LogP contribution in [0.15, 0.2) is 24.7 Å². The molecule has 0 aliphatic rings. The molecule has 0 amide bonds. The molecule has 0 fully saturated rings. The Morgan fingerprint density at radius 2 is 2.00 bits per heavy atom. The highest BCUT2D eigenvalue weighted by atomic mass is 15.3. The standard InChI is InChI=1S/C11H15N3/c1-8(2)9(3)10-4-5-11-12-7-13-14(11)6-10/h4-9H,1-3H3. The van der Waals surface area contributed by atoms with Gasteiger partial charge in [0.15, 0.2) is 5.65 Å². The van der Waals surface area contributed by atoms with Crippen molar-refractivity contribution >= 4 is 5.65 Å². The van der Waals surface area contributed by atoms with Gasteiger partial charge in [0.2, 0.25) is 0 Å². The van der Waals surface area contributed by atoms with Gasteiger partial charge in [0.05, 0.1) is 0 Å². The first-order chi connectivity index (χ1) is 6.68. The van der Waals surface area contributed by atoms with Crippen LogP contribution >= 0.6 is 0 Å². The molecule has 0 radical (unpaired) electrons. The number of hydrogen-bond donors (Lipinski definition) is 0. The molecule has 0 aliphatic heterocycles. The van der Waals surface area contributed by atoms with Crippen LogP contribution in [0, 0.1) is 5.92 Å². The van der Waals surface area contributed by atoms with E-state index in [-0.39, 0.29) is 0 Å². The molecule has 3 heteroatoms. The van der Waals surface area contributed by atoms with Gasteiger partial charge in [-0.1, -0.05) is 26.8 Å². The zero-order valence-electron chi connectivity index (χ0n) is 8.81. The van der Waals surface area contributed by atoms with Crippen molar-refractivity contribution in [2.24, 2.45) is 5.92 Å². The third kappa shape index (κ3) is 1.50. The van der Waals surface area contributed by atoms with Crippen molar-refractivity contribution in [3.05, 3.63) is 30.2 Å². The predicted octanol–water partition coefficient (Wildman–Crippen LogP) is 2.49. The van der Waals surface area contributed by atoms with Gasteiger partial charge >= 0.3 is 0 Å². The molecule has 2 aromatic rings. The summed E-state index contributed by atoms with van der Waals surface area (Å²) in [6.07, 6.45) is 3.64. The minimum Gasteiger partial charge on any atom is -0.221 e. The van der Waals surface area contributed by atoms with Gasteiger partial charge in [-0.25, -0.2) is 9.50 Å². The summed E-state index contributed by atoms with van der Waals surface area (Å²) >= 11 is 0. The highest BCUT2D eigenvalue weighted by molar-refractivity contribution is 5.38. The summed E-state index contributed by atoms with van der Waals surface area (Å²) in [7, 11) is 0. The normalized spacial score (nSPS) is 13.7. The third-order valence-corrected chi connectivity index (χ3v) is 2.82. The first-order valence-electron chi connectivity index (χ1n) is 4.98. The van der Waals surface area contributed by atoms with Gasteiger partial charge in [0.25, 0.3) is 0 Å². The van der Waals surface area contributed by atoms with Crippen LogP contribution in [0.3, 0.4) is 0 Å². The lowest BCUT2D eigenvalue weighted by Crippen LogP contribution is -2.03. The van der Waals surface area contributed by atoms with Crippen LogP contribution < -0.4 is 0 Å². The minimum absolute atomic E-state index is 0.559. The molecule has 74 valence electrons. The maximum atomic E-state index is 4.13. The number of nitrogens with zero attached hydrogens (tertiary/aromatic N) is 3. The molecule has 0 spiro atoms. The molecule has 2 rings (SSSR count). The maximum absolute atomic E-state index is 4.13. The lowest BCUT2D eigenvalue weighted by molar-refractivity contribution is 0.532. The first kappa shape index (κ1) is 9.19. The summed E-state index contributed by atoms with van der Waals surface area (Å²) in [5.74, 6) is 1.21. The van der Waals surface area contributed by atoms with Crippen molar-refractivity contribution in [1.29, 1.82) is 0 Å². The molecular weight excluding hydrogens is 174 g/mol. The van der Waals surface area contributed by atoms with Crippen molar-refractivity contribution in [2.45, 2.75) is 26.7 Å². The van der Waals surface area contributed by atoms with Gasteiger partial charge in [-0.15, -0.1) is 0 Å². The summed E-state index contributed by atoms with van der Waals surface area (Å²) in [6.45, 7) is 6.70. The molecule has 0 N–H and O–H groups in total. The zero-order valence-corrected chi connectivity index (χ0v) is 8.81. The average molecular weight is 189 g/mol. The van der Waals surface area contributed by atoms with Crippen molar-refractivity contribution in [2.75, 3.05) is 0 Å². The predicted molar refractivity (Wildman–Crippen MR) is 56.2 cm³/mol. The molecule has 0 saturated heterocycles. The number of hydrogen-bond acceptors (Lipinski definition) is 2. The number of fused-ring (bicyclic) bond motifs is 1. The minimum atomic E-state index is 0.559. The second-order valence-corrected chi connectivity index (χ2v) is 4.06. The van der Waals surface area contributed by atoms with Gasteiger partial charge < -0.3 is 0 Å². The molecule has 1 unspecified atom stereocenters. The van der Waals surface area contributed by atoms with Gasteiger partial charge in [0.1, 0.15) is 6.33 Å². The Morgan fingerprint density at radius 3 is 2.71 bits per heavy atom. The Hall–Kier alpha value is -1.38. The molecule has 2 aromatic heterocycles. The largest absolute Gasteiger partial charge is 0.221 e. The smallest absolute Gasteiger partial charge is 0.155 e. The average Bonchev–Trinajstić information content (AvgIpc) is 2.62. The second kappa shape index (κ2) is 3.40. The second-order valence-electron chi connectivity index (χ2n) is 4.06. The topological polar surface area (TPSA) is 30.2 Å². The Morgan fingerprint density at radius 1 is 1.21 bits per heavy atom. The number of rotatable bonds is 2. The van der Waals surface area contributed by atoms with Crippen LogP contribution in [0.5, 0.6) is 0 Å². The van der Waals surface area contributed by atoms with E-state index in [0.717, 1.165) is 5.65 Å². The van der Waals surface area contributed by atoms with Crippen molar-refractivity contribution < 1.29 is 0 Å². The number of aromatic nitrogens is 3. The van der Waals surface area contributed by atoms with Crippen LogP contribution in [-0.4, -0.2) is 14.6 Å². The van der Waals surface area contributed by atoms with E-state index in [2.05, 4.69) is 43.1 Å². The summed E-state index contributed by atoms with van der Waals surface area (Å²) in [4.78, 5) is 4.12. The summed E-state index contributed by atoms with van der Waals surface area (Å²) in [6, 6.07) is 4.15. The van der Waals surface area contributed by atoms with Gasteiger partial charge in [-0.3, -0.25) is 0 Å². The van der Waals surface area contributed by atoms with Crippen molar-refractivity contribution in [1.82, 2.24) is 14.6 Å². The summed E-state index contributed by atoms with van der Waals surface area (Å²) in [5, 5.41) is 4.13. The van der Waals surface area contributed by atoms with Crippen molar-refractivity contribution in [3.63, 3.8) is 0 Å². The fourth-order valence-electron chi connectivity index (χ4n) is 1.49. The quantitative estimate of drug-likeness (QED) is 0.726. The monoisotopic (exact) mass is 189 g/mol. The molecule has 14 heavy (non-hydrogen) atoms. The molecule has 1 atom stereocenters. The van der Waals surface area contributed by atoms with E-state index in [1.54, 1.807) is 6.33 Å². The zero-order chi connectivity index (χ0) is 10.1. The van der Waals surface area contributed by atoms with E-state index in [1.807, 2.05) is 10.6 Å². The molecular formula is C11H15N3. The number of pyridine rings is 1. The highest BCUT2D eigenvalue weighted by Gasteiger charge is 2.10. The Kier molecular flexibility index (Phi) is 2.23.